The summed E-state index contributed by atoms with van der Waals surface area (Å²) in [5, 5.41) is 7.85. The predicted molar refractivity (Wildman–Crippen MR) is 106 cm³/mol. The van der Waals surface area contributed by atoms with Crippen molar-refractivity contribution in [2.24, 2.45) is 5.16 Å². The lowest BCUT2D eigenvalue weighted by Crippen LogP contribution is -2.19. The minimum Gasteiger partial charge on any atom is -0.385 e. The molecule has 6 nitrogen and oxygen atoms in total. The van der Waals surface area contributed by atoms with Gasteiger partial charge in [0.05, 0.1) is 21.3 Å². The van der Waals surface area contributed by atoms with Crippen LogP contribution in [0.3, 0.4) is 0 Å². The third-order valence-corrected chi connectivity index (χ3v) is 5.43. The van der Waals surface area contributed by atoms with Crippen molar-refractivity contribution in [3.63, 3.8) is 0 Å². The average Bonchev–Trinajstić information content (AvgIpc) is 3.25. The first-order valence-corrected chi connectivity index (χ1v) is 9.60. The highest BCUT2D eigenvalue weighted by Gasteiger charge is 2.12. The van der Waals surface area contributed by atoms with Gasteiger partial charge in [-0.25, -0.2) is 4.98 Å². The first-order chi connectivity index (χ1) is 12.5. The molecule has 0 radical (unpaired) electrons. The zero-order valence-electron chi connectivity index (χ0n) is 15.4. The predicted octanol–water partition coefficient (Wildman–Crippen LogP) is 3.74. The number of oxime groups is 1. The molecule has 0 aliphatic carbocycles. The maximum Gasteiger partial charge on any atom is 0.265 e. The number of aryl methyl sites for hydroxylation is 2. The number of anilines is 2. The molecule has 0 bridgehead atoms. The van der Waals surface area contributed by atoms with Gasteiger partial charge in [-0.3, -0.25) is 4.79 Å². The number of carbonyl (C=O) groups is 1. The summed E-state index contributed by atoms with van der Waals surface area (Å²) in [4.78, 5) is 24.9. The molecular formula is C19H24N4O2S. The molecule has 1 aromatic heterocycles. The van der Waals surface area contributed by atoms with E-state index in [4.69, 9.17) is 4.84 Å². The van der Waals surface area contributed by atoms with Crippen LogP contribution in [0.1, 0.15) is 35.3 Å². The molecule has 1 aliphatic rings. The fourth-order valence-electron chi connectivity index (χ4n) is 3.02. The van der Waals surface area contributed by atoms with Crippen LogP contribution in [0.25, 0.3) is 0 Å². The van der Waals surface area contributed by atoms with Crippen molar-refractivity contribution in [3.8, 4) is 0 Å². The van der Waals surface area contributed by atoms with Gasteiger partial charge in [-0.1, -0.05) is 5.16 Å². The highest BCUT2D eigenvalue weighted by molar-refractivity contribution is 7.13. The van der Waals surface area contributed by atoms with Crippen LogP contribution in [0, 0.1) is 13.8 Å². The first-order valence-electron chi connectivity index (χ1n) is 8.79. The second-order valence-electron chi connectivity index (χ2n) is 6.39. The standard InChI is InChI=1S/C19H24N4O2S/c1-13-19(26-15(3)20-13)14(2)22-25-12-18(24)21-16-6-8-17(9-7-16)23-10-4-5-11-23/h6-9H,4-5,10-12H2,1-3H3,(H,21,24)/b22-14+. The van der Waals surface area contributed by atoms with Crippen LogP contribution >= 0.6 is 11.3 Å². The van der Waals surface area contributed by atoms with Gasteiger partial charge >= 0.3 is 0 Å². The first kappa shape index (κ1) is 18.4. The van der Waals surface area contributed by atoms with Crippen molar-refractivity contribution in [3.05, 3.63) is 39.8 Å². The van der Waals surface area contributed by atoms with E-state index in [1.807, 2.05) is 45.0 Å². The van der Waals surface area contributed by atoms with E-state index >= 15 is 0 Å². The average molecular weight is 372 g/mol. The molecule has 7 heteroatoms. The van der Waals surface area contributed by atoms with Crippen LogP contribution in [0.15, 0.2) is 29.4 Å². The van der Waals surface area contributed by atoms with Gasteiger partial charge in [0.15, 0.2) is 6.61 Å². The highest BCUT2D eigenvalue weighted by atomic mass is 32.1. The number of carbonyl (C=O) groups excluding carboxylic acids is 1. The van der Waals surface area contributed by atoms with Gasteiger partial charge in [-0.2, -0.15) is 0 Å². The Labute approximate surface area is 157 Å². The van der Waals surface area contributed by atoms with Gasteiger partial charge in [0.1, 0.15) is 0 Å². The topological polar surface area (TPSA) is 66.8 Å². The van der Waals surface area contributed by atoms with Crippen molar-refractivity contribution < 1.29 is 9.63 Å². The van der Waals surface area contributed by atoms with E-state index in [1.54, 1.807) is 11.3 Å². The van der Waals surface area contributed by atoms with Gasteiger partial charge in [0, 0.05) is 24.5 Å². The molecule has 1 fully saturated rings. The number of amides is 1. The monoisotopic (exact) mass is 372 g/mol. The second kappa shape index (κ2) is 8.31. The Morgan fingerprint density at radius 2 is 1.96 bits per heavy atom. The maximum atomic E-state index is 12.0. The quantitative estimate of drug-likeness (QED) is 0.620. The summed E-state index contributed by atoms with van der Waals surface area (Å²) in [6, 6.07) is 7.92. The van der Waals surface area contributed by atoms with Crippen molar-refractivity contribution in [2.75, 3.05) is 29.9 Å². The molecule has 0 spiro atoms. The molecule has 1 aliphatic heterocycles. The summed E-state index contributed by atoms with van der Waals surface area (Å²) in [5.74, 6) is -0.229. The smallest absolute Gasteiger partial charge is 0.265 e. The molecule has 2 heterocycles. The summed E-state index contributed by atoms with van der Waals surface area (Å²) in [5.41, 5.74) is 3.62. The molecule has 1 N–H and O–H groups in total. The zero-order chi connectivity index (χ0) is 18.5. The molecule has 0 unspecified atom stereocenters. The molecule has 1 saturated heterocycles. The molecule has 1 amide bonds. The normalized spacial score (nSPS) is 14.6. The van der Waals surface area contributed by atoms with E-state index < -0.39 is 0 Å². The van der Waals surface area contributed by atoms with Crippen LogP contribution in [0.2, 0.25) is 0 Å². The van der Waals surface area contributed by atoms with Gasteiger partial charge in [0.2, 0.25) is 0 Å². The molecule has 2 aromatic rings. The van der Waals surface area contributed by atoms with Gasteiger partial charge < -0.3 is 15.1 Å². The molecule has 0 saturated carbocycles. The Balaban J connectivity index is 1.49. The fraction of sp³-hybridized carbons (Fsp3) is 0.421. The van der Waals surface area contributed by atoms with E-state index in [2.05, 4.69) is 20.4 Å². The van der Waals surface area contributed by atoms with Crippen LogP contribution in [0.5, 0.6) is 0 Å². The third kappa shape index (κ3) is 4.60. The zero-order valence-corrected chi connectivity index (χ0v) is 16.2. The van der Waals surface area contributed by atoms with Crippen molar-refractivity contribution in [1.29, 1.82) is 0 Å². The van der Waals surface area contributed by atoms with Gasteiger partial charge in [-0.05, 0) is 57.9 Å². The number of rotatable bonds is 6. The van der Waals surface area contributed by atoms with E-state index in [-0.39, 0.29) is 12.5 Å². The van der Waals surface area contributed by atoms with Crippen molar-refractivity contribution >= 4 is 34.3 Å². The lowest BCUT2D eigenvalue weighted by Gasteiger charge is -2.17. The third-order valence-electron chi connectivity index (χ3n) is 4.25. The number of hydrogen-bond acceptors (Lipinski definition) is 6. The number of aromatic nitrogens is 1. The Morgan fingerprint density at radius 1 is 1.27 bits per heavy atom. The Morgan fingerprint density at radius 3 is 2.58 bits per heavy atom. The maximum absolute atomic E-state index is 12.0. The number of nitrogens with zero attached hydrogens (tertiary/aromatic N) is 3. The molecule has 26 heavy (non-hydrogen) atoms. The highest BCUT2D eigenvalue weighted by Crippen LogP contribution is 2.22. The molecule has 0 atom stereocenters. The number of thiazole rings is 1. The van der Waals surface area contributed by atoms with Crippen LogP contribution in [-0.2, 0) is 9.63 Å². The largest absolute Gasteiger partial charge is 0.385 e. The van der Waals surface area contributed by atoms with Crippen LogP contribution in [-0.4, -0.2) is 36.3 Å². The Kier molecular flexibility index (Phi) is 5.88. The summed E-state index contributed by atoms with van der Waals surface area (Å²) < 4.78 is 0. The molecule has 3 rings (SSSR count). The van der Waals surface area contributed by atoms with E-state index in [0.717, 1.165) is 40.1 Å². The number of hydrogen-bond donors (Lipinski definition) is 1. The summed E-state index contributed by atoms with van der Waals surface area (Å²) in [7, 11) is 0. The number of benzene rings is 1. The van der Waals surface area contributed by atoms with Crippen molar-refractivity contribution in [2.45, 2.75) is 33.6 Å². The molecular weight excluding hydrogens is 348 g/mol. The summed E-state index contributed by atoms with van der Waals surface area (Å²) in [6.07, 6.45) is 2.49. The van der Waals surface area contributed by atoms with E-state index in [9.17, 15) is 4.79 Å². The van der Waals surface area contributed by atoms with Gasteiger partial charge in [-0.15, -0.1) is 11.3 Å². The van der Waals surface area contributed by atoms with Crippen LogP contribution < -0.4 is 10.2 Å². The second-order valence-corrected chi connectivity index (χ2v) is 7.59. The Bertz CT molecular complexity index is 792. The lowest BCUT2D eigenvalue weighted by atomic mass is 10.2. The van der Waals surface area contributed by atoms with E-state index in [1.165, 1.54) is 18.5 Å². The summed E-state index contributed by atoms with van der Waals surface area (Å²) >= 11 is 1.57. The minimum absolute atomic E-state index is 0.123. The molecule has 138 valence electrons. The van der Waals surface area contributed by atoms with Gasteiger partial charge in [0.25, 0.3) is 5.91 Å². The SMILES string of the molecule is C/C(=N\OCC(=O)Nc1ccc(N2CCCC2)cc1)c1sc(C)nc1C. The van der Waals surface area contributed by atoms with Crippen molar-refractivity contribution in [1.82, 2.24) is 4.98 Å². The summed E-state index contributed by atoms with van der Waals surface area (Å²) in [6.45, 7) is 7.84. The van der Waals surface area contributed by atoms with E-state index in [0.29, 0.717) is 0 Å². The molecule has 1 aromatic carbocycles. The fourth-order valence-corrected chi connectivity index (χ4v) is 3.88. The van der Waals surface area contributed by atoms with Crippen LogP contribution in [0.4, 0.5) is 11.4 Å². The number of nitrogens with one attached hydrogen (secondary N) is 1. The minimum atomic E-state index is -0.229. The lowest BCUT2D eigenvalue weighted by molar-refractivity contribution is -0.120. The Hall–Kier alpha value is -2.41.